The third kappa shape index (κ3) is 3.24. The standard InChI is InChI=1S/C17H21N3O2/c1-6-14(8-7-11(2)3)20-9-10-22-16-15(17(20)21)12(4)18-13(5)19-16/h6-8H,1,9-10H2,2-5H3/b14-8+. The van der Waals surface area contributed by atoms with Crippen molar-refractivity contribution in [3.05, 3.63) is 53.2 Å². The molecule has 1 aliphatic rings. The SMILES string of the molecule is C=C/C(=C\C=C(C)C)N1CCOc2nc(C)nc(C)c2C1=O. The summed E-state index contributed by atoms with van der Waals surface area (Å²) in [7, 11) is 0. The zero-order valence-corrected chi connectivity index (χ0v) is 13.5. The highest BCUT2D eigenvalue weighted by molar-refractivity contribution is 5.99. The van der Waals surface area contributed by atoms with Gasteiger partial charge in [0.25, 0.3) is 5.91 Å². The number of hydrogen-bond donors (Lipinski definition) is 0. The fraction of sp³-hybridized carbons (Fsp3) is 0.353. The van der Waals surface area contributed by atoms with Gasteiger partial charge in [0.2, 0.25) is 5.88 Å². The molecule has 0 atom stereocenters. The summed E-state index contributed by atoms with van der Waals surface area (Å²) in [5.41, 5.74) is 2.94. The van der Waals surface area contributed by atoms with Gasteiger partial charge < -0.3 is 9.64 Å². The minimum atomic E-state index is -0.154. The molecule has 1 aromatic rings. The molecule has 2 heterocycles. The summed E-state index contributed by atoms with van der Waals surface area (Å²) in [4.78, 5) is 23.0. The van der Waals surface area contributed by atoms with Gasteiger partial charge in [0.15, 0.2) is 0 Å². The Hall–Kier alpha value is -2.43. The van der Waals surface area contributed by atoms with Crippen LogP contribution in [0.4, 0.5) is 0 Å². The highest BCUT2D eigenvalue weighted by atomic mass is 16.5. The summed E-state index contributed by atoms with van der Waals surface area (Å²) in [5.74, 6) is 0.808. The maximum atomic E-state index is 12.9. The lowest BCUT2D eigenvalue weighted by atomic mass is 10.1. The highest BCUT2D eigenvalue weighted by Crippen LogP contribution is 2.25. The molecule has 1 aromatic heterocycles. The van der Waals surface area contributed by atoms with Crippen LogP contribution < -0.4 is 4.74 Å². The summed E-state index contributed by atoms with van der Waals surface area (Å²) in [6.45, 7) is 12.2. The molecule has 22 heavy (non-hydrogen) atoms. The first-order valence-corrected chi connectivity index (χ1v) is 7.21. The predicted molar refractivity (Wildman–Crippen MR) is 85.7 cm³/mol. The Labute approximate surface area is 131 Å². The molecular weight excluding hydrogens is 278 g/mol. The molecule has 0 aromatic carbocycles. The Morgan fingerprint density at radius 1 is 1.27 bits per heavy atom. The quantitative estimate of drug-likeness (QED) is 0.805. The Morgan fingerprint density at radius 2 is 2.00 bits per heavy atom. The van der Waals surface area contributed by atoms with Crippen LogP contribution in [-0.2, 0) is 0 Å². The van der Waals surface area contributed by atoms with E-state index >= 15 is 0 Å². The van der Waals surface area contributed by atoms with E-state index in [1.165, 1.54) is 0 Å². The van der Waals surface area contributed by atoms with Gasteiger partial charge in [-0.15, -0.1) is 0 Å². The molecule has 2 rings (SSSR count). The molecule has 1 amide bonds. The average Bonchev–Trinajstić information content (AvgIpc) is 2.59. The van der Waals surface area contributed by atoms with Gasteiger partial charge in [0, 0.05) is 5.70 Å². The number of hydrogen-bond acceptors (Lipinski definition) is 4. The van der Waals surface area contributed by atoms with Gasteiger partial charge in [0.05, 0.1) is 12.2 Å². The van der Waals surface area contributed by atoms with E-state index in [1.807, 2.05) is 26.0 Å². The van der Waals surface area contributed by atoms with Crippen LogP contribution in [0.15, 0.2) is 36.1 Å². The normalized spacial score (nSPS) is 14.8. The molecule has 0 saturated carbocycles. The van der Waals surface area contributed by atoms with E-state index in [1.54, 1.807) is 24.8 Å². The molecule has 0 unspecified atom stereocenters. The third-order valence-electron chi connectivity index (χ3n) is 3.29. The highest BCUT2D eigenvalue weighted by Gasteiger charge is 2.28. The zero-order valence-electron chi connectivity index (χ0n) is 13.5. The summed E-state index contributed by atoms with van der Waals surface area (Å²) < 4.78 is 5.64. The molecule has 0 fully saturated rings. The van der Waals surface area contributed by atoms with Crippen molar-refractivity contribution in [2.75, 3.05) is 13.2 Å². The van der Waals surface area contributed by atoms with Crippen molar-refractivity contribution in [1.29, 1.82) is 0 Å². The van der Waals surface area contributed by atoms with Crippen molar-refractivity contribution in [2.45, 2.75) is 27.7 Å². The fourth-order valence-corrected chi connectivity index (χ4v) is 2.27. The van der Waals surface area contributed by atoms with Gasteiger partial charge in [-0.25, -0.2) is 4.98 Å². The van der Waals surface area contributed by atoms with Crippen molar-refractivity contribution in [3.8, 4) is 5.88 Å². The van der Waals surface area contributed by atoms with E-state index < -0.39 is 0 Å². The van der Waals surface area contributed by atoms with Crippen LogP contribution in [-0.4, -0.2) is 33.9 Å². The number of carbonyl (C=O) groups is 1. The number of aromatic nitrogens is 2. The number of aryl methyl sites for hydroxylation is 2. The molecule has 0 N–H and O–H groups in total. The summed E-state index contributed by atoms with van der Waals surface area (Å²) in [6.07, 6.45) is 5.51. The van der Waals surface area contributed by atoms with Crippen LogP contribution in [0.5, 0.6) is 5.88 Å². The summed E-state index contributed by atoms with van der Waals surface area (Å²) in [5, 5.41) is 0. The Balaban J connectivity index is 2.48. The lowest BCUT2D eigenvalue weighted by Crippen LogP contribution is -2.31. The molecule has 0 aliphatic carbocycles. The zero-order chi connectivity index (χ0) is 16.3. The van der Waals surface area contributed by atoms with E-state index in [9.17, 15) is 4.79 Å². The lowest BCUT2D eigenvalue weighted by Gasteiger charge is -2.21. The fourth-order valence-electron chi connectivity index (χ4n) is 2.27. The van der Waals surface area contributed by atoms with E-state index in [0.29, 0.717) is 36.1 Å². The maximum Gasteiger partial charge on any atom is 0.265 e. The Bertz CT molecular complexity index is 671. The molecule has 1 aliphatic heterocycles. The Morgan fingerprint density at radius 3 is 2.64 bits per heavy atom. The van der Waals surface area contributed by atoms with E-state index in [2.05, 4.69) is 16.5 Å². The maximum absolute atomic E-state index is 12.9. The molecule has 0 radical (unpaired) electrons. The number of rotatable bonds is 3. The Kier molecular flexibility index (Phi) is 4.75. The third-order valence-corrected chi connectivity index (χ3v) is 3.29. The van der Waals surface area contributed by atoms with Gasteiger partial charge in [-0.05, 0) is 39.8 Å². The first-order valence-electron chi connectivity index (χ1n) is 7.21. The first-order chi connectivity index (χ1) is 10.4. The largest absolute Gasteiger partial charge is 0.475 e. The number of carbonyl (C=O) groups excluding carboxylic acids is 1. The molecular formula is C17H21N3O2. The van der Waals surface area contributed by atoms with Gasteiger partial charge >= 0.3 is 0 Å². The van der Waals surface area contributed by atoms with Crippen LogP contribution in [0.3, 0.4) is 0 Å². The molecule has 0 bridgehead atoms. The van der Waals surface area contributed by atoms with Crippen molar-refractivity contribution < 1.29 is 9.53 Å². The molecule has 116 valence electrons. The van der Waals surface area contributed by atoms with Crippen LogP contribution >= 0.6 is 0 Å². The minimum Gasteiger partial charge on any atom is -0.475 e. The number of nitrogens with zero attached hydrogens (tertiary/aromatic N) is 3. The number of fused-ring (bicyclic) bond motifs is 1. The second-order valence-electron chi connectivity index (χ2n) is 5.38. The predicted octanol–water partition coefficient (Wildman–Crippen LogP) is 2.96. The van der Waals surface area contributed by atoms with E-state index in [4.69, 9.17) is 4.74 Å². The van der Waals surface area contributed by atoms with Crippen molar-refractivity contribution in [2.24, 2.45) is 0 Å². The number of allylic oxidation sites excluding steroid dienone is 4. The van der Waals surface area contributed by atoms with Crippen LogP contribution in [0.25, 0.3) is 0 Å². The molecule has 0 saturated heterocycles. The topological polar surface area (TPSA) is 55.3 Å². The van der Waals surface area contributed by atoms with Gasteiger partial charge in [-0.2, -0.15) is 4.98 Å². The van der Waals surface area contributed by atoms with Crippen LogP contribution in [0.1, 0.15) is 35.7 Å². The van der Waals surface area contributed by atoms with E-state index in [-0.39, 0.29) is 5.91 Å². The van der Waals surface area contributed by atoms with E-state index in [0.717, 1.165) is 11.3 Å². The summed E-state index contributed by atoms with van der Waals surface area (Å²) in [6, 6.07) is 0. The van der Waals surface area contributed by atoms with Gasteiger partial charge in [-0.1, -0.05) is 18.2 Å². The number of amides is 1. The smallest absolute Gasteiger partial charge is 0.265 e. The van der Waals surface area contributed by atoms with Crippen molar-refractivity contribution >= 4 is 5.91 Å². The minimum absolute atomic E-state index is 0.154. The number of ether oxygens (including phenoxy) is 1. The second-order valence-corrected chi connectivity index (χ2v) is 5.38. The lowest BCUT2D eigenvalue weighted by molar-refractivity contribution is 0.0812. The molecule has 0 spiro atoms. The second kappa shape index (κ2) is 6.56. The summed E-state index contributed by atoms with van der Waals surface area (Å²) >= 11 is 0. The monoisotopic (exact) mass is 299 g/mol. The van der Waals surface area contributed by atoms with Gasteiger partial charge in [-0.3, -0.25) is 4.79 Å². The van der Waals surface area contributed by atoms with Crippen LogP contribution in [0, 0.1) is 13.8 Å². The first kappa shape index (κ1) is 15.9. The van der Waals surface area contributed by atoms with Crippen LogP contribution in [0.2, 0.25) is 0 Å². The molecule has 5 heteroatoms. The van der Waals surface area contributed by atoms with Gasteiger partial charge in [0.1, 0.15) is 18.0 Å². The van der Waals surface area contributed by atoms with Crippen molar-refractivity contribution in [3.63, 3.8) is 0 Å². The molecule has 5 nitrogen and oxygen atoms in total. The average molecular weight is 299 g/mol. The van der Waals surface area contributed by atoms with Crippen molar-refractivity contribution in [1.82, 2.24) is 14.9 Å².